The molecular weight excluding hydrogens is 308 g/mol. The van der Waals surface area contributed by atoms with E-state index in [1.165, 1.54) is 5.56 Å². The first-order valence-corrected chi connectivity index (χ1v) is 10.7. The Morgan fingerprint density at radius 1 is 1.00 bits per heavy atom. The van der Waals surface area contributed by atoms with Gasteiger partial charge in [-0.25, -0.2) is 0 Å². The Bertz CT molecular complexity index is 426. The van der Waals surface area contributed by atoms with Crippen LogP contribution in [0.3, 0.4) is 0 Å². The van der Waals surface area contributed by atoms with Crippen molar-refractivity contribution in [1.82, 2.24) is 0 Å². The maximum atomic E-state index is 6.03. The van der Waals surface area contributed by atoms with Crippen LogP contribution >= 0.6 is 10.3 Å². The molecule has 0 unspecified atom stereocenters. The quantitative estimate of drug-likeness (QED) is 0.572. The van der Waals surface area contributed by atoms with E-state index < -0.39 is 10.3 Å². The molecular formula is C19H34O3S. The van der Waals surface area contributed by atoms with Crippen LogP contribution < -0.4 is 0 Å². The zero-order valence-corrected chi connectivity index (χ0v) is 16.4. The minimum Gasteiger partial charge on any atom is -0.379 e. The fraction of sp³-hybridized carbons (Fsp3) is 0.684. The topological polar surface area (TPSA) is 27.7 Å². The highest BCUT2D eigenvalue weighted by atomic mass is 32.3. The lowest BCUT2D eigenvalue weighted by Gasteiger charge is -2.43. The molecule has 3 nitrogen and oxygen atoms in total. The lowest BCUT2D eigenvalue weighted by Crippen LogP contribution is -2.26. The Balaban J connectivity index is 2.06. The highest BCUT2D eigenvalue weighted by Gasteiger charge is 2.28. The van der Waals surface area contributed by atoms with Gasteiger partial charge in [0.2, 0.25) is 0 Å². The standard InChI is InChI=1S/C19H34O3S/c1-17(21-16-18-10-8-7-9-11-18)12-13-20-14-15-22-23(5,6)19(2,3)4/h7-11,17H,12-16H2,1-6H3/t17-/m1/s1. The van der Waals surface area contributed by atoms with E-state index >= 15 is 0 Å². The molecule has 0 aliphatic rings. The average Bonchev–Trinajstić information content (AvgIpc) is 2.48. The van der Waals surface area contributed by atoms with E-state index in [2.05, 4.69) is 52.3 Å². The Hall–Kier alpha value is -0.550. The minimum absolute atomic E-state index is 0.201. The van der Waals surface area contributed by atoms with E-state index in [0.717, 1.165) is 6.42 Å². The zero-order valence-electron chi connectivity index (χ0n) is 15.6. The van der Waals surface area contributed by atoms with Gasteiger partial charge in [-0.1, -0.05) is 51.1 Å². The predicted octanol–water partition coefficient (Wildman–Crippen LogP) is 4.79. The molecule has 0 bridgehead atoms. The fourth-order valence-electron chi connectivity index (χ4n) is 1.73. The molecule has 0 spiro atoms. The van der Waals surface area contributed by atoms with Gasteiger partial charge in [0.1, 0.15) is 0 Å². The maximum Gasteiger partial charge on any atom is 0.0826 e. The van der Waals surface area contributed by atoms with Crippen molar-refractivity contribution in [3.63, 3.8) is 0 Å². The molecule has 1 rings (SSSR count). The third kappa shape index (κ3) is 8.20. The van der Waals surface area contributed by atoms with Gasteiger partial charge in [-0.2, -0.15) is 0 Å². The van der Waals surface area contributed by atoms with Crippen LogP contribution in [-0.2, 0) is 20.3 Å². The van der Waals surface area contributed by atoms with Gasteiger partial charge in [-0.05, 0) is 31.4 Å². The van der Waals surface area contributed by atoms with Crippen molar-refractivity contribution in [2.45, 2.75) is 51.6 Å². The van der Waals surface area contributed by atoms with Crippen molar-refractivity contribution < 1.29 is 13.7 Å². The van der Waals surface area contributed by atoms with Gasteiger partial charge in [0.25, 0.3) is 0 Å². The molecule has 0 amide bonds. The highest BCUT2D eigenvalue weighted by Crippen LogP contribution is 2.53. The molecule has 0 aliphatic carbocycles. The minimum atomic E-state index is -1.05. The van der Waals surface area contributed by atoms with E-state index in [0.29, 0.717) is 26.4 Å². The van der Waals surface area contributed by atoms with E-state index in [1.807, 2.05) is 18.2 Å². The van der Waals surface area contributed by atoms with Crippen LogP contribution in [0.5, 0.6) is 0 Å². The summed E-state index contributed by atoms with van der Waals surface area (Å²) in [5.41, 5.74) is 1.21. The van der Waals surface area contributed by atoms with Gasteiger partial charge in [-0.3, -0.25) is 0 Å². The van der Waals surface area contributed by atoms with Gasteiger partial charge in [-0.15, -0.1) is 10.3 Å². The lowest BCUT2D eigenvalue weighted by molar-refractivity contribution is 0.0182. The summed E-state index contributed by atoms with van der Waals surface area (Å²) in [6, 6.07) is 10.3. The first-order valence-electron chi connectivity index (χ1n) is 8.33. The second kappa shape index (κ2) is 9.67. The van der Waals surface area contributed by atoms with Crippen molar-refractivity contribution in [3.8, 4) is 0 Å². The van der Waals surface area contributed by atoms with E-state index in [4.69, 9.17) is 13.7 Å². The predicted molar refractivity (Wildman–Crippen MR) is 101 cm³/mol. The molecule has 0 heterocycles. The van der Waals surface area contributed by atoms with Gasteiger partial charge in [0.15, 0.2) is 0 Å². The third-order valence-electron chi connectivity index (χ3n) is 4.13. The second-order valence-electron chi connectivity index (χ2n) is 7.18. The molecule has 1 atom stereocenters. The third-order valence-corrected chi connectivity index (χ3v) is 7.83. The number of hydrogen-bond donors (Lipinski definition) is 0. The SMILES string of the molecule is C[C@H](CCOCCOS(C)(C)C(C)(C)C)OCc1ccccc1. The van der Waals surface area contributed by atoms with Gasteiger partial charge < -0.3 is 13.7 Å². The van der Waals surface area contributed by atoms with Gasteiger partial charge in [0, 0.05) is 11.4 Å². The van der Waals surface area contributed by atoms with Crippen molar-refractivity contribution in [3.05, 3.63) is 35.9 Å². The summed E-state index contributed by atoms with van der Waals surface area (Å²) in [6.45, 7) is 11.5. The summed E-state index contributed by atoms with van der Waals surface area (Å²) >= 11 is 0. The molecule has 134 valence electrons. The Kier molecular flexibility index (Phi) is 8.62. The molecule has 0 aromatic heterocycles. The molecule has 1 aromatic rings. The summed E-state index contributed by atoms with van der Waals surface area (Å²) in [5, 5.41) is 0. The molecule has 0 fully saturated rings. The van der Waals surface area contributed by atoms with Gasteiger partial charge >= 0.3 is 0 Å². The number of hydrogen-bond acceptors (Lipinski definition) is 3. The Morgan fingerprint density at radius 3 is 2.26 bits per heavy atom. The van der Waals surface area contributed by atoms with E-state index in [-0.39, 0.29) is 10.9 Å². The summed E-state index contributed by atoms with van der Waals surface area (Å²) in [5.74, 6) is 0. The smallest absolute Gasteiger partial charge is 0.0826 e. The van der Waals surface area contributed by atoms with Crippen LogP contribution in [0.4, 0.5) is 0 Å². The number of ether oxygens (including phenoxy) is 2. The van der Waals surface area contributed by atoms with Crippen molar-refractivity contribution >= 4 is 10.3 Å². The van der Waals surface area contributed by atoms with Crippen LogP contribution in [0.15, 0.2) is 30.3 Å². The summed E-state index contributed by atoms with van der Waals surface area (Å²) in [6.07, 6.45) is 5.54. The average molecular weight is 343 g/mol. The number of rotatable bonds is 10. The first kappa shape index (κ1) is 20.5. The van der Waals surface area contributed by atoms with Crippen LogP contribution in [0.2, 0.25) is 0 Å². The monoisotopic (exact) mass is 342 g/mol. The normalized spacial score (nSPS) is 14.7. The molecule has 23 heavy (non-hydrogen) atoms. The molecule has 4 heteroatoms. The van der Waals surface area contributed by atoms with Crippen molar-refractivity contribution in [1.29, 1.82) is 0 Å². The van der Waals surface area contributed by atoms with E-state index in [9.17, 15) is 0 Å². The second-order valence-corrected chi connectivity index (χ2v) is 11.1. The lowest BCUT2D eigenvalue weighted by atomic mass is 10.2. The van der Waals surface area contributed by atoms with Crippen LogP contribution in [-0.4, -0.2) is 43.2 Å². The molecule has 1 aromatic carbocycles. The van der Waals surface area contributed by atoms with Gasteiger partial charge in [0.05, 0.1) is 25.9 Å². The van der Waals surface area contributed by atoms with Crippen LogP contribution in [0.25, 0.3) is 0 Å². The Labute approximate surface area is 144 Å². The highest BCUT2D eigenvalue weighted by molar-refractivity contribution is 8.29. The van der Waals surface area contributed by atoms with Crippen molar-refractivity contribution in [2.75, 3.05) is 32.3 Å². The first-order chi connectivity index (χ1) is 10.7. The van der Waals surface area contributed by atoms with E-state index in [1.54, 1.807) is 0 Å². The molecule has 0 saturated heterocycles. The summed E-state index contributed by atoms with van der Waals surface area (Å²) in [7, 11) is -1.05. The largest absolute Gasteiger partial charge is 0.379 e. The Morgan fingerprint density at radius 2 is 1.65 bits per heavy atom. The molecule has 0 saturated carbocycles. The fourth-order valence-corrected chi connectivity index (χ4v) is 2.56. The number of benzene rings is 1. The summed E-state index contributed by atoms with van der Waals surface area (Å²) in [4.78, 5) is 0. The maximum absolute atomic E-state index is 6.03. The molecule has 0 N–H and O–H groups in total. The molecule has 0 radical (unpaired) electrons. The van der Waals surface area contributed by atoms with Crippen LogP contribution in [0, 0.1) is 0 Å². The zero-order chi connectivity index (χ0) is 17.3. The van der Waals surface area contributed by atoms with Crippen molar-refractivity contribution in [2.24, 2.45) is 0 Å². The molecule has 0 aliphatic heterocycles. The summed E-state index contributed by atoms with van der Waals surface area (Å²) < 4.78 is 17.7. The van der Waals surface area contributed by atoms with Crippen LogP contribution in [0.1, 0.15) is 39.7 Å².